The molecule has 1 aliphatic carbocycles. The average molecular weight is 390 g/mol. The van der Waals surface area contributed by atoms with E-state index >= 15 is 0 Å². The summed E-state index contributed by atoms with van der Waals surface area (Å²) in [7, 11) is 0. The first-order valence-corrected chi connectivity index (χ1v) is 10.5. The Morgan fingerprint density at radius 3 is 2.86 bits per heavy atom. The van der Waals surface area contributed by atoms with E-state index in [9.17, 15) is 4.79 Å². The topological polar surface area (TPSA) is 75.4 Å². The number of benzene rings is 1. The lowest BCUT2D eigenvalue weighted by atomic mass is 9.87. The van der Waals surface area contributed by atoms with Gasteiger partial charge in [-0.1, -0.05) is 24.3 Å². The van der Waals surface area contributed by atoms with Gasteiger partial charge in [0.05, 0.1) is 6.04 Å². The van der Waals surface area contributed by atoms with Gasteiger partial charge in [0, 0.05) is 30.8 Å². The Kier molecular flexibility index (Phi) is 4.66. The van der Waals surface area contributed by atoms with Gasteiger partial charge in [-0.2, -0.15) is 14.6 Å². The number of aryl methyl sites for hydroxylation is 2. The molecule has 1 amide bonds. The van der Waals surface area contributed by atoms with Crippen LogP contribution in [-0.2, 0) is 11.2 Å². The second-order valence-corrected chi connectivity index (χ2v) is 8.14. The maximum atomic E-state index is 13.0. The highest BCUT2D eigenvalue weighted by atomic mass is 16.2. The molecule has 2 aromatic heterocycles. The fourth-order valence-corrected chi connectivity index (χ4v) is 4.70. The monoisotopic (exact) mass is 390 g/mol. The summed E-state index contributed by atoms with van der Waals surface area (Å²) >= 11 is 0. The van der Waals surface area contributed by atoms with Crippen molar-refractivity contribution in [2.24, 2.45) is 5.92 Å². The second-order valence-electron chi connectivity index (χ2n) is 8.14. The van der Waals surface area contributed by atoms with Crippen LogP contribution in [0.25, 0.3) is 5.78 Å². The molecule has 3 aromatic rings. The lowest BCUT2D eigenvalue weighted by Gasteiger charge is -2.34. The minimum Gasteiger partial charge on any atom is -0.356 e. The summed E-state index contributed by atoms with van der Waals surface area (Å²) in [6.45, 7) is 3.63. The molecule has 0 bridgehead atoms. The van der Waals surface area contributed by atoms with E-state index in [1.54, 1.807) is 4.52 Å². The number of fused-ring (bicyclic) bond motifs is 2. The lowest BCUT2D eigenvalue weighted by Crippen LogP contribution is -2.42. The third kappa shape index (κ3) is 3.45. The molecule has 2 aliphatic rings. The third-order valence-corrected chi connectivity index (χ3v) is 6.24. The number of hydrogen-bond acceptors (Lipinski definition) is 5. The average Bonchev–Trinajstić information content (AvgIpc) is 3.22. The summed E-state index contributed by atoms with van der Waals surface area (Å²) < 4.78 is 1.78. The van der Waals surface area contributed by atoms with E-state index in [-0.39, 0.29) is 17.9 Å². The number of carbonyl (C=O) groups excluding carboxylic acids is 1. The van der Waals surface area contributed by atoms with Gasteiger partial charge in [-0.3, -0.25) is 4.79 Å². The van der Waals surface area contributed by atoms with E-state index in [1.165, 1.54) is 17.5 Å². The van der Waals surface area contributed by atoms with Crippen LogP contribution in [0.1, 0.15) is 48.5 Å². The van der Waals surface area contributed by atoms with Crippen molar-refractivity contribution in [1.29, 1.82) is 0 Å². The van der Waals surface area contributed by atoms with Crippen LogP contribution in [0, 0.1) is 12.8 Å². The predicted octanol–water partition coefficient (Wildman–Crippen LogP) is 2.84. The zero-order valence-corrected chi connectivity index (χ0v) is 16.7. The standard InChI is InChI=1S/C22H26N6O/c1-15-13-20(28-22(25-15)23-14-24-28)27-11-9-17(10-12-27)21(29)26-19-8-4-6-16-5-2-3-7-18(16)19/h2-3,5,7,13-14,17,19H,4,6,8-12H2,1H3,(H,26,29)/t19-/m1/s1. The van der Waals surface area contributed by atoms with Crippen LogP contribution < -0.4 is 10.2 Å². The highest BCUT2D eigenvalue weighted by Gasteiger charge is 2.29. The Hall–Kier alpha value is -2.96. The Morgan fingerprint density at radius 2 is 2.00 bits per heavy atom. The molecule has 7 nitrogen and oxygen atoms in total. The van der Waals surface area contributed by atoms with Gasteiger partial charge >= 0.3 is 0 Å². The molecule has 1 saturated heterocycles. The lowest BCUT2D eigenvalue weighted by molar-refractivity contribution is -0.126. The van der Waals surface area contributed by atoms with E-state index < -0.39 is 0 Å². The van der Waals surface area contributed by atoms with E-state index in [0.29, 0.717) is 5.78 Å². The maximum Gasteiger partial charge on any atom is 0.254 e. The Balaban J connectivity index is 1.25. The van der Waals surface area contributed by atoms with Gasteiger partial charge < -0.3 is 10.2 Å². The van der Waals surface area contributed by atoms with E-state index in [0.717, 1.165) is 56.7 Å². The van der Waals surface area contributed by atoms with Crippen LogP contribution in [0.15, 0.2) is 36.7 Å². The van der Waals surface area contributed by atoms with Crippen LogP contribution in [0.4, 0.5) is 5.82 Å². The number of hydrogen-bond donors (Lipinski definition) is 1. The van der Waals surface area contributed by atoms with Gasteiger partial charge in [-0.15, -0.1) is 0 Å². The Bertz CT molecular complexity index is 1040. The molecule has 1 aromatic carbocycles. The number of carbonyl (C=O) groups is 1. The molecule has 0 radical (unpaired) electrons. The number of rotatable bonds is 3. The number of nitrogens with zero attached hydrogens (tertiary/aromatic N) is 5. The highest BCUT2D eigenvalue weighted by molar-refractivity contribution is 5.79. The largest absolute Gasteiger partial charge is 0.356 e. The fraction of sp³-hybridized carbons (Fsp3) is 0.455. The predicted molar refractivity (Wildman–Crippen MR) is 111 cm³/mol. The quantitative estimate of drug-likeness (QED) is 0.744. The van der Waals surface area contributed by atoms with Crippen molar-refractivity contribution in [3.8, 4) is 0 Å². The van der Waals surface area contributed by atoms with Crippen molar-refractivity contribution in [2.75, 3.05) is 18.0 Å². The molecule has 1 aliphatic heterocycles. The maximum absolute atomic E-state index is 13.0. The first-order chi connectivity index (χ1) is 14.2. The molecule has 1 N–H and O–H groups in total. The molecule has 5 rings (SSSR count). The van der Waals surface area contributed by atoms with E-state index in [1.807, 2.05) is 13.0 Å². The fourth-order valence-electron chi connectivity index (χ4n) is 4.70. The Labute approximate surface area is 170 Å². The SMILES string of the molecule is Cc1cc(N2CCC(C(=O)N[C@@H]3CCCc4ccccc43)CC2)n2ncnc2n1. The summed E-state index contributed by atoms with van der Waals surface area (Å²) in [5, 5.41) is 7.65. The minimum absolute atomic E-state index is 0.0644. The summed E-state index contributed by atoms with van der Waals surface area (Å²) in [6, 6.07) is 10.7. The van der Waals surface area contributed by atoms with Crippen LogP contribution in [0.5, 0.6) is 0 Å². The third-order valence-electron chi connectivity index (χ3n) is 6.24. The molecule has 1 fully saturated rings. The normalized spacial score (nSPS) is 19.9. The molecule has 0 saturated carbocycles. The van der Waals surface area contributed by atoms with Gasteiger partial charge in [-0.05, 0) is 50.2 Å². The van der Waals surface area contributed by atoms with Gasteiger partial charge in [-0.25, -0.2) is 4.98 Å². The molecular weight excluding hydrogens is 364 g/mol. The summed E-state index contributed by atoms with van der Waals surface area (Å²) in [5.74, 6) is 1.89. The minimum atomic E-state index is 0.0644. The number of piperidine rings is 1. The van der Waals surface area contributed by atoms with Crippen molar-refractivity contribution >= 4 is 17.5 Å². The number of nitrogens with one attached hydrogen (secondary N) is 1. The van der Waals surface area contributed by atoms with Crippen molar-refractivity contribution < 1.29 is 4.79 Å². The van der Waals surface area contributed by atoms with Crippen molar-refractivity contribution in [1.82, 2.24) is 24.9 Å². The second kappa shape index (κ2) is 7.46. The van der Waals surface area contributed by atoms with Gasteiger partial charge in [0.15, 0.2) is 0 Å². The molecule has 29 heavy (non-hydrogen) atoms. The van der Waals surface area contributed by atoms with Crippen LogP contribution in [-0.4, -0.2) is 38.6 Å². The van der Waals surface area contributed by atoms with Crippen molar-refractivity contribution in [3.63, 3.8) is 0 Å². The zero-order valence-electron chi connectivity index (χ0n) is 16.7. The Morgan fingerprint density at radius 1 is 1.17 bits per heavy atom. The van der Waals surface area contributed by atoms with Gasteiger partial charge in [0.2, 0.25) is 5.91 Å². The molecule has 1 atom stereocenters. The summed E-state index contributed by atoms with van der Waals surface area (Å²) in [4.78, 5) is 23.9. The smallest absolute Gasteiger partial charge is 0.254 e. The van der Waals surface area contributed by atoms with Crippen LogP contribution >= 0.6 is 0 Å². The summed E-state index contributed by atoms with van der Waals surface area (Å²) in [6.07, 6.45) is 6.50. The molecular formula is C22H26N6O. The number of aromatic nitrogens is 4. The molecule has 0 spiro atoms. The van der Waals surface area contributed by atoms with E-state index in [2.05, 4.69) is 49.5 Å². The molecule has 3 heterocycles. The molecule has 150 valence electrons. The first-order valence-electron chi connectivity index (χ1n) is 10.5. The van der Waals surface area contributed by atoms with Gasteiger partial charge in [0.1, 0.15) is 12.1 Å². The van der Waals surface area contributed by atoms with Crippen molar-refractivity contribution in [2.45, 2.75) is 45.1 Å². The van der Waals surface area contributed by atoms with Crippen molar-refractivity contribution in [3.05, 3.63) is 53.5 Å². The number of amides is 1. The molecule has 7 heteroatoms. The van der Waals surface area contributed by atoms with Gasteiger partial charge in [0.25, 0.3) is 5.78 Å². The highest BCUT2D eigenvalue weighted by Crippen LogP contribution is 2.31. The zero-order chi connectivity index (χ0) is 19.8. The number of anilines is 1. The first kappa shape index (κ1) is 18.1. The van der Waals surface area contributed by atoms with E-state index in [4.69, 9.17) is 0 Å². The molecule has 0 unspecified atom stereocenters. The van der Waals surface area contributed by atoms with Crippen LogP contribution in [0.2, 0.25) is 0 Å². The summed E-state index contributed by atoms with van der Waals surface area (Å²) in [5.41, 5.74) is 3.60. The van der Waals surface area contributed by atoms with Crippen LogP contribution in [0.3, 0.4) is 0 Å².